The molecule has 0 aromatic rings. The third-order valence-electron chi connectivity index (χ3n) is 2.76. The fraction of sp³-hybridized carbons (Fsp3) is 0.889. The van der Waals surface area contributed by atoms with Crippen molar-refractivity contribution in [1.29, 1.82) is 0 Å². The molecule has 1 aliphatic rings. The Morgan fingerprint density at radius 3 is 2.25 bits per heavy atom. The number of nitrogens with zero attached hydrogens (tertiary/aromatic N) is 1. The molecule has 1 heterocycles. The topological polar surface area (TPSA) is 92.5 Å². The number of hydrogen-bond acceptors (Lipinski definition) is 3. The quantitative estimate of drug-likeness (QED) is 0.729. The largest absolute Gasteiger partial charge is 0.352 e. The summed E-state index contributed by atoms with van der Waals surface area (Å²) in [5.41, 5.74) is 5.01. The molecule has 0 atom stereocenters. The maximum absolute atomic E-state index is 11.8. The Labute approximate surface area is 96.2 Å². The molecule has 0 unspecified atom stereocenters. The van der Waals surface area contributed by atoms with Crippen molar-refractivity contribution in [3.8, 4) is 0 Å². The minimum atomic E-state index is -3.16. The third kappa shape index (κ3) is 3.08. The van der Waals surface area contributed by atoms with Gasteiger partial charge < -0.3 is 11.1 Å². The maximum atomic E-state index is 11.8. The summed E-state index contributed by atoms with van der Waals surface area (Å²) in [6, 6.07) is -0.554. The predicted octanol–water partition coefficient (Wildman–Crippen LogP) is -0.143. The van der Waals surface area contributed by atoms with Crippen LogP contribution in [0.15, 0.2) is 0 Å². The Bertz CT molecular complexity index is 345. The van der Waals surface area contributed by atoms with E-state index in [-0.39, 0.29) is 6.04 Å². The summed E-state index contributed by atoms with van der Waals surface area (Å²) in [6.45, 7) is 4.24. The zero-order valence-electron chi connectivity index (χ0n) is 9.64. The predicted molar refractivity (Wildman–Crippen MR) is 61.4 cm³/mol. The van der Waals surface area contributed by atoms with Gasteiger partial charge in [0.05, 0.1) is 5.25 Å². The summed E-state index contributed by atoms with van der Waals surface area (Å²) < 4.78 is 25.1. The van der Waals surface area contributed by atoms with Gasteiger partial charge in [-0.05, 0) is 26.7 Å². The normalized spacial score (nSPS) is 19.9. The van der Waals surface area contributed by atoms with Crippen molar-refractivity contribution in [3.63, 3.8) is 0 Å². The Balaban J connectivity index is 2.52. The van der Waals surface area contributed by atoms with E-state index in [1.807, 2.05) is 0 Å². The van der Waals surface area contributed by atoms with Gasteiger partial charge in [-0.15, -0.1) is 0 Å². The summed E-state index contributed by atoms with van der Waals surface area (Å²) >= 11 is 0. The van der Waals surface area contributed by atoms with Crippen molar-refractivity contribution >= 4 is 16.1 Å². The van der Waals surface area contributed by atoms with Gasteiger partial charge in [-0.1, -0.05) is 0 Å². The third-order valence-corrected chi connectivity index (χ3v) is 5.03. The van der Waals surface area contributed by atoms with Crippen molar-refractivity contribution in [2.75, 3.05) is 13.1 Å². The highest BCUT2D eigenvalue weighted by Gasteiger charge is 2.30. The first-order chi connectivity index (χ1) is 7.34. The molecule has 1 rings (SSSR count). The molecule has 1 saturated heterocycles. The Hall–Kier alpha value is -0.820. The van der Waals surface area contributed by atoms with Crippen LogP contribution in [-0.4, -0.2) is 43.1 Å². The van der Waals surface area contributed by atoms with Crippen LogP contribution in [-0.2, 0) is 10.0 Å². The number of hydrogen-bond donors (Lipinski definition) is 2. The Morgan fingerprint density at radius 1 is 1.38 bits per heavy atom. The number of rotatable bonds is 3. The van der Waals surface area contributed by atoms with Crippen LogP contribution in [0, 0.1) is 0 Å². The number of carbonyl (C=O) groups excluding carboxylic acids is 1. The molecule has 0 bridgehead atoms. The lowest BCUT2D eigenvalue weighted by atomic mass is 10.1. The molecule has 16 heavy (non-hydrogen) atoms. The van der Waals surface area contributed by atoms with E-state index >= 15 is 0 Å². The second-order valence-electron chi connectivity index (χ2n) is 4.28. The van der Waals surface area contributed by atoms with Crippen molar-refractivity contribution in [3.05, 3.63) is 0 Å². The highest BCUT2D eigenvalue weighted by Crippen LogP contribution is 2.16. The molecule has 0 aliphatic carbocycles. The number of nitrogens with two attached hydrogens (primary N) is 1. The number of amides is 2. The van der Waals surface area contributed by atoms with Gasteiger partial charge in [-0.2, -0.15) is 0 Å². The van der Waals surface area contributed by atoms with Gasteiger partial charge in [0.15, 0.2) is 0 Å². The van der Waals surface area contributed by atoms with Crippen molar-refractivity contribution in [1.82, 2.24) is 9.62 Å². The number of carbonyl (C=O) groups is 1. The molecular formula is C9H19N3O3S. The van der Waals surface area contributed by atoms with Gasteiger partial charge in [0.2, 0.25) is 10.0 Å². The van der Waals surface area contributed by atoms with Crippen LogP contribution in [0.4, 0.5) is 4.79 Å². The average Bonchev–Trinajstić information content (AvgIpc) is 2.17. The van der Waals surface area contributed by atoms with Crippen LogP contribution in [0.1, 0.15) is 26.7 Å². The molecule has 7 heteroatoms. The highest BCUT2D eigenvalue weighted by atomic mass is 32.2. The molecule has 0 spiro atoms. The Morgan fingerprint density at radius 2 is 1.88 bits per heavy atom. The minimum absolute atomic E-state index is 0.00360. The van der Waals surface area contributed by atoms with Crippen LogP contribution >= 0.6 is 0 Å². The standard InChI is InChI=1S/C9H19N3O3S/c1-7(2)16(14,15)12-5-3-8(4-6-12)11-9(10)13/h7-8H,3-6H2,1-2H3,(H3,10,11,13). The number of primary amides is 1. The SMILES string of the molecule is CC(C)S(=O)(=O)N1CCC(NC(N)=O)CC1. The summed E-state index contributed by atoms with van der Waals surface area (Å²) in [5.74, 6) is 0. The van der Waals surface area contributed by atoms with E-state index < -0.39 is 21.3 Å². The Kier molecular flexibility index (Phi) is 4.15. The molecule has 94 valence electrons. The fourth-order valence-electron chi connectivity index (χ4n) is 1.75. The lowest BCUT2D eigenvalue weighted by Crippen LogP contribution is -2.49. The molecule has 0 aromatic heterocycles. The number of piperidine rings is 1. The highest BCUT2D eigenvalue weighted by molar-refractivity contribution is 7.89. The van der Waals surface area contributed by atoms with Crippen LogP contribution in [0.25, 0.3) is 0 Å². The smallest absolute Gasteiger partial charge is 0.312 e. The first kappa shape index (κ1) is 13.2. The molecule has 1 fully saturated rings. The van der Waals surface area contributed by atoms with Crippen LogP contribution in [0.2, 0.25) is 0 Å². The molecule has 0 radical (unpaired) electrons. The summed E-state index contributed by atoms with van der Waals surface area (Å²) in [4.78, 5) is 10.6. The number of urea groups is 1. The van der Waals surface area contributed by atoms with E-state index in [4.69, 9.17) is 5.73 Å². The summed E-state index contributed by atoms with van der Waals surface area (Å²) in [6.07, 6.45) is 1.24. The van der Waals surface area contributed by atoms with Crippen LogP contribution < -0.4 is 11.1 Å². The van der Waals surface area contributed by atoms with E-state index in [1.54, 1.807) is 13.8 Å². The first-order valence-corrected chi connectivity index (χ1v) is 6.89. The summed E-state index contributed by atoms with van der Waals surface area (Å²) in [7, 11) is -3.16. The number of nitrogens with one attached hydrogen (secondary N) is 1. The molecule has 3 N–H and O–H groups in total. The number of sulfonamides is 1. The monoisotopic (exact) mass is 249 g/mol. The molecule has 0 aromatic carbocycles. The van der Waals surface area contributed by atoms with E-state index in [0.29, 0.717) is 25.9 Å². The maximum Gasteiger partial charge on any atom is 0.312 e. The van der Waals surface area contributed by atoms with Gasteiger partial charge >= 0.3 is 6.03 Å². The minimum Gasteiger partial charge on any atom is -0.352 e. The van der Waals surface area contributed by atoms with Crippen LogP contribution in [0.5, 0.6) is 0 Å². The van der Waals surface area contributed by atoms with Gasteiger partial charge in [-0.3, -0.25) is 0 Å². The second kappa shape index (κ2) is 5.01. The van der Waals surface area contributed by atoms with E-state index in [9.17, 15) is 13.2 Å². The van der Waals surface area contributed by atoms with E-state index in [2.05, 4.69) is 5.32 Å². The average molecular weight is 249 g/mol. The molecule has 6 nitrogen and oxygen atoms in total. The zero-order valence-corrected chi connectivity index (χ0v) is 10.5. The van der Waals surface area contributed by atoms with Gasteiger partial charge in [0.25, 0.3) is 0 Å². The van der Waals surface area contributed by atoms with Gasteiger partial charge in [0, 0.05) is 19.1 Å². The molecular weight excluding hydrogens is 230 g/mol. The fourth-order valence-corrected chi connectivity index (χ4v) is 3.07. The van der Waals surface area contributed by atoms with Gasteiger partial charge in [-0.25, -0.2) is 17.5 Å². The van der Waals surface area contributed by atoms with E-state index in [1.165, 1.54) is 4.31 Å². The van der Waals surface area contributed by atoms with Crippen LogP contribution in [0.3, 0.4) is 0 Å². The summed E-state index contributed by atoms with van der Waals surface area (Å²) in [5, 5.41) is 2.21. The van der Waals surface area contributed by atoms with Gasteiger partial charge in [0.1, 0.15) is 0 Å². The lowest BCUT2D eigenvalue weighted by Gasteiger charge is -2.32. The second-order valence-corrected chi connectivity index (χ2v) is 6.76. The van der Waals surface area contributed by atoms with Crippen molar-refractivity contribution in [2.24, 2.45) is 5.73 Å². The molecule has 1 aliphatic heterocycles. The molecule has 0 saturated carbocycles. The zero-order chi connectivity index (χ0) is 12.3. The van der Waals surface area contributed by atoms with Crippen molar-refractivity contribution in [2.45, 2.75) is 38.0 Å². The molecule has 2 amide bonds. The first-order valence-electron chi connectivity index (χ1n) is 5.39. The van der Waals surface area contributed by atoms with E-state index in [0.717, 1.165) is 0 Å². The van der Waals surface area contributed by atoms with Crippen molar-refractivity contribution < 1.29 is 13.2 Å². The lowest BCUT2D eigenvalue weighted by molar-refractivity contribution is 0.235.